The van der Waals surface area contributed by atoms with Crippen LogP contribution in [-0.2, 0) is 16.1 Å². The number of nitrogens with zero attached hydrogens (tertiary/aromatic N) is 3. The van der Waals surface area contributed by atoms with Gasteiger partial charge in [-0.2, -0.15) is 5.10 Å². The van der Waals surface area contributed by atoms with Gasteiger partial charge in [-0.25, -0.2) is 4.39 Å². The molecule has 1 aliphatic rings. The Morgan fingerprint density at radius 2 is 1.83 bits per heavy atom. The molecule has 1 N–H and O–H groups in total. The fourth-order valence-corrected chi connectivity index (χ4v) is 3.97. The maximum atomic E-state index is 13.4. The van der Waals surface area contributed by atoms with E-state index in [2.05, 4.69) is 10.4 Å². The smallest absolute Gasteiger partial charge is 0.240 e. The first kappa shape index (κ1) is 20.1. The number of hydrogen-bond donors (Lipinski definition) is 1. The van der Waals surface area contributed by atoms with Crippen molar-refractivity contribution in [3.8, 4) is 0 Å². The molecule has 0 spiro atoms. The molecule has 3 aromatic rings. The van der Waals surface area contributed by atoms with Crippen molar-refractivity contribution < 1.29 is 14.0 Å². The molecule has 1 fully saturated rings. The van der Waals surface area contributed by atoms with Crippen LogP contribution in [0.25, 0.3) is 10.9 Å². The summed E-state index contributed by atoms with van der Waals surface area (Å²) in [5.74, 6) is -0.781. The molecule has 2 amide bonds. The Balaban J connectivity index is 1.46. The summed E-state index contributed by atoms with van der Waals surface area (Å²) in [4.78, 5) is 27.0. The Kier molecular flexibility index (Phi) is 6.07. The molecule has 0 radical (unpaired) electrons. The second-order valence-electron chi connectivity index (χ2n) is 7.68. The quantitative estimate of drug-likeness (QED) is 0.649. The molecule has 1 aromatic heterocycles. The number of rotatable bonds is 7. The van der Waals surface area contributed by atoms with Gasteiger partial charge < -0.3 is 10.2 Å². The monoisotopic (exact) mass is 408 g/mol. The van der Waals surface area contributed by atoms with Gasteiger partial charge in [-0.3, -0.25) is 14.3 Å². The second kappa shape index (κ2) is 9.07. The highest BCUT2D eigenvalue weighted by Gasteiger charge is 2.22. The fraction of sp³-hybridized carbons (Fsp3) is 0.348. The van der Waals surface area contributed by atoms with Gasteiger partial charge in [-0.05, 0) is 43.2 Å². The van der Waals surface area contributed by atoms with E-state index in [1.807, 2.05) is 24.3 Å². The number of hydrogen-bond acceptors (Lipinski definition) is 3. The van der Waals surface area contributed by atoms with Gasteiger partial charge in [0.25, 0.3) is 0 Å². The topological polar surface area (TPSA) is 67.2 Å². The van der Waals surface area contributed by atoms with Crippen LogP contribution in [0.15, 0.2) is 54.7 Å². The molecule has 1 aliphatic carbocycles. The number of benzene rings is 2. The average molecular weight is 408 g/mol. The third-order valence-corrected chi connectivity index (χ3v) is 5.55. The molecule has 6 nitrogen and oxygen atoms in total. The number of halogens is 1. The lowest BCUT2D eigenvalue weighted by Crippen LogP contribution is -2.44. The van der Waals surface area contributed by atoms with Crippen LogP contribution in [0, 0.1) is 5.82 Å². The molecule has 7 heteroatoms. The lowest BCUT2D eigenvalue weighted by Gasteiger charge is -2.23. The van der Waals surface area contributed by atoms with Crippen molar-refractivity contribution in [2.24, 2.45) is 0 Å². The average Bonchev–Trinajstić information content (AvgIpc) is 3.41. The van der Waals surface area contributed by atoms with Crippen LogP contribution in [0.4, 0.5) is 10.1 Å². The van der Waals surface area contributed by atoms with E-state index >= 15 is 0 Å². The molecule has 4 rings (SSSR count). The maximum absolute atomic E-state index is 13.4. The standard InChI is InChI=1S/C23H25FN4O2/c24-18-9-11-20(12-10-18)27(16-22(29)26-19-6-2-3-7-19)23(30)13-14-28-21-8-4-1-5-17(21)15-25-28/h1,4-5,8-12,15,19H,2-3,6-7,13-14,16H2,(H,26,29). The van der Waals surface area contributed by atoms with Gasteiger partial charge in [0.2, 0.25) is 11.8 Å². The van der Waals surface area contributed by atoms with Crippen molar-refractivity contribution >= 4 is 28.4 Å². The SMILES string of the molecule is O=C(CN(C(=O)CCn1ncc2ccccc21)c1ccc(F)cc1)NC1CCCC1. The molecular weight excluding hydrogens is 383 g/mol. The third-order valence-electron chi connectivity index (χ3n) is 5.55. The van der Waals surface area contributed by atoms with Gasteiger partial charge in [0.1, 0.15) is 12.4 Å². The van der Waals surface area contributed by atoms with Gasteiger partial charge >= 0.3 is 0 Å². The first-order valence-corrected chi connectivity index (χ1v) is 10.4. The summed E-state index contributed by atoms with van der Waals surface area (Å²) in [5.41, 5.74) is 1.46. The van der Waals surface area contributed by atoms with Crippen molar-refractivity contribution in [1.29, 1.82) is 0 Å². The molecule has 30 heavy (non-hydrogen) atoms. The number of amides is 2. The molecule has 0 saturated heterocycles. The molecular formula is C23H25FN4O2. The van der Waals surface area contributed by atoms with Crippen LogP contribution in [0.2, 0.25) is 0 Å². The van der Waals surface area contributed by atoms with Gasteiger partial charge in [-0.1, -0.05) is 31.0 Å². The van der Waals surface area contributed by atoms with E-state index in [4.69, 9.17) is 0 Å². The van der Waals surface area contributed by atoms with Crippen molar-refractivity contribution in [3.63, 3.8) is 0 Å². The molecule has 0 atom stereocenters. The summed E-state index contributed by atoms with van der Waals surface area (Å²) >= 11 is 0. The van der Waals surface area contributed by atoms with E-state index in [1.165, 1.54) is 29.2 Å². The molecule has 1 heterocycles. The van der Waals surface area contributed by atoms with Gasteiger partial charge in [0.15, 0.2) is 0 Å². The molecule has 156 valence electrons. The summed E-state index contributed by atoms with van der Waals surface area (Å²) < 4.78 is 15.2. The van der Waals surface area contributed by atoms with E-state index < -0.39 is 0 Å². The minimum atomic E-state index is -0.385. The number of anilines is 1. The minimum Gasteiger partial charge on any atom is -0.352 e. The Morgan fingerprint density at radius 1 is 1.10 bits per heavy atom. The molecule has 0 bridgehead atoms. The highest BCUT2D eigenvalue weighted by Crippen LogP contribution is 2.20. The van der Waals surface area contributed by atoms with Gasteiger partial charge in [0, 0.05) is 23.5 Å². The number of para-hydroxylation sites is 1. The molecule has 0 unspecified atom stereocenters. The van der Waals surface area contributed by atoms with Crippen LogP contribution in [-0.4, -0.2) is 34.2 Å². The van der Waals surface area contributed by atoms with Crippen molar-refractivity contribution in [1.82, 2.24) is 15.1 Å². The summed E-state index contributed by atoms with van der Waals surface area (Å²) in [7, 11) is 0. The summed E-state index contributed by atoms with van der Waals surface area (Å²) in [6.07, 6.45) is 6.13. The predicted molar refractivity (Wildman–Crippen MR) is 114 cm³/mol. The van der Waals surface area contributed by atoms with Gasteiger partial charge in [-0.15, -0.1) is 0 Å². The number of aromatic nitrogens is 2. The van der Waals surface area contributed by atoms with Crippen molar-refractivity contribution in [2.75, 3.05) is 11.4 Å². The number of fused-ring (bicyclic) bond motifs is 1. The Hall–Kier alpha value is -3.22. The van der Waals surface area contributed by atoms with E-state index in [0.29, 0.717) is 12.2 Å². The Bertz CT molecular complexity index is 1030. The lowest BCUT2D eigenvalue weighted by molar-refractivity contribution is -0.124. The minimum absolute atomic E-state index is 0.0825. The molecule has 2 aromatic carbocycles. The van der Waals surface area contributed by atoms with E-state index in [9.17, 15) is 14.0 Å². The summed E-state index contributed by atoms with van der Waals surface area (Å²) in [6, 6.07) is 13.6. The van der Waals surface area contributed by atoms with Gasteiger partial charge in [0.05, 0.1) is 18.3 Å². The zero-order valence-corrected chi connectivity index (χ0v) is 16.8. The van der Waals surface area contributed by atoms with E-state index in [0.717, 1.165) is 36.6 Å². The molecule has 1 saturated carbocycles. The normalized spacial score (nSPS) is 14.2. The third kappa shape index (κ3) is 4.67. The zero-order valence-electron chi connectivity index (χ0n) is 16.8. The first-order valence-electron chi connectivity index (χ1n) is 10.4. The molecule has 0 aliphatic heterocycles. The van der Waals surface area contributed by atoms with E-state index in [1.54, 1.807) is 10.9 Å². The Morgan fingerprint density at radius 3 is 2.60 bits per heavy atom. The second-order valence-corrected chi connectivity index (χ2v) is 7.68. The fourth-order valence-electron chi connectivity index (χ4n) is 3.97. The van der Waals surface area contributed by atoms with Crippen LogP contribution in [0.5, 0.6) is 0 Å². The van der Waals surface area contributed by atoms with Crippen LogP contribution < -0.4 is 10.2 Å². The predicted octanol–water partition coefficient (Wildman–Crippen LogP) is 3.66. The van der Waals surface area contributed by atoms with Crippen LogP contribution in [0.1, 0.15) is 32.1 Å². The zero-order chi connectivity index (χ0) is 20.9. The van der Waals surface area contributed by atoms with Crippen LogP contribution in [0.3, 0.4) is 0 Å². The number of aryl methyl sites for hydroxylation is 1. The Labute approximate surface area is 174 Å². The number of carbonyl (C=O) groups excluding carboxylic acids is 2. The largest absolute Gasteiger partial charge is 0.352 e. The number of carbonyl (C=O) groups is 2. The summed E-state index contributed by atoms with van der Waals surface area (Å²) in [6.45, 7) is 0.315. The first-order chi connectivity index (χ1) is 14.6. The van der Waals surface area contributed by atoms with Crippen LogP contribution >= 0.6 is 0 Å². The van der Waals surface area contributed by atoms with Crippen molar-refractivity contribution in [2.45, 2.75) is 44.7 Å². The van der Waals surface area contributed by atoms with E-state index in [-0.39, 0.29) is 36.6 Å². The number of nitrogens with one attached hydrogen (secondary N) is 1. The highest BCUT2D eigenvalue weighted by molar-refractivity contribution is 5.98. The maximum Gasteiger partial charge on any atom is 0.240 e. The highest BCUT2D eigenvalue weighted by atomic mass is 19.1. The summed E-state index contributed by atoms with van der Waals surface area (Å²) in [5, 5.41) is 8.38. The lowest BCUT2D eigenvalue weighted by atomic mass is 10.2. The van der Waals surface area contributed by atoms with Crippen molar-refractivity contribution in [3.05, 3.63) is 60.5 Å².